The van der Waals surface area contributed by atoms with Crippen molar-refractivity contribution in [3.63, 3.8) is 0 Å². The van der Waals surface area contributed by atoms with Crippen LogP contribution in [-0.2, 0) is 39.3 Å². The Morgan fingerprint density at radius 3 is 1.65 bits per heavy atom. The maximum atomic E-state index is 9.66. The lowest BCUT2D eigenvalue weighted by Crippen LogP contribution is -2.67. The Labute approximate surface area is 296 Å². The molecule has 0 saturated carbocycles. The van der Waals surface area contributed by atoms with Crippen LogP contribution in [0.2, 0.25) is 5.04 Å². The molecule has 8 nitrogen and oxygen atoms in total. The quantitative estimate of drug-likeness (QED) is 0.0648. The zero-order chi connectivity index (χ0) is 35.6. The van der Waals surface area contributed by atoms with Gasteiger partial charge in [-0.3, -0.25) is 0 Å². The van der Waals surface area contributed by atoms with Gasteiger partial charge in [-0.25, -0.2) is 0 Å². The maximum Gasteiger partial charge on any atom is 0.261 e. The molecule has 0 fully saturated rings. The summed E-state index contributed by atoms with van der Waals surface area (Å²) in [6, 6.07) is 31.5. The van der Waals surface area contributed by atoms with Gasteiger partial charge in [-0.1, -0.05) is 126 Å². The van der Waals surface area contributed by atoms with Crippen molar-refractivity contribution in [2.45, 2.75) is 96.7 Å². The summed E-state index contributed by atoms with van der Waals surface area (Å²) in [4.78, 5) is 0. The third-order valence-electron chi connectivity index (χ3n) is 8.96. The summed E-state index contributed by atoms with van der Waals surface area (Å²) in [6.07, 6.45) is 1.53. The van der Waals surface area contributed by atoms with Crippen LogP contribution in [0.3, 0.4) is 0 Å². The van der Waals surface area contributed by atoms with E-state index < -0.39 is 13.9 Å². The minimum absolute atomic E-state index is 0.0325. The van der Waals surface area contributed by atoms with Crippen LogP contribution in [0.1, 0.15) is 66.9 Å². The van der Waals surface area contributed by atoms with Gasteiger partial charge in [-0.2, -0.15) is 0 Å². The average molecular weight is 697 g/mol. The monoisotopic (exact) mass is 696 g/mol. The van der Waals surface area contributed by atoms with E-state index in [0.717, 1.165) is 18.4 Å². The number of hydrogen-bond donors (Lipinski definition) is 1. The molecular formula is C40H60O8Si. The highest BCUT2D eigenvalue weighted by Crippen LogP contribution is 2.37. The van der Waals surface area contributed by atoms with Crippen molar-refractivity contribution >= 4 is 18.7 Å². The van der Waals surface area contributed by atoms with Gasteiger partial charge in [0.05, 0.1) is 50.3 Å². The van der Waals surface area contributed by atoms with E-state index in [-0.39, 0.29) is 50.3 Å². The topological polar surface area (TPSA) is 84.8 Å². The Bertz CT molecular complexity index is 1220. The third-order valence-corrected chi connectivity index (χ3v) is 14.1. The molecule has 1 N–H and O–H groups in total. The predicted molar refractivity (Wildman–Crippen MR) is 198 cm³/mol. The lowest BCUT2D eigenvalue weighted by atomic mass is 9.99. The first-order valence-electron chi connectivity index (χ1n) is 17.6. The van der Waals surface area contributed by atoms with Crippen LogP contribution in [0.15, 0.2) is 91.0 Å². The molecule has 0 spiro atoms. The van der Waals surface area contributed by atoms with Gasteiger partial charge in [0.15, 0.2) is 0 Å². The number of ether oxygens (including phenoxy) is 6. The largest absolute Gasteiger partial charge is 0.402 e. The van der Waals surface area contributed by atoms with Gasteiger partial charge < -0.3 is 38.0 Å². The molecule has 0 unspecified atom stereocenters. The third kappa shape index (κ3) is 12.7. The number of hydrogen-bond acceptors (Lipinski definition) is 8. The second-order valence-electron chi connectivity index (χ2n) is 13.7. The van der Waals surface area contributed by atoms with E-state index in [2.05, 4.69) is 100 Å². The Morgan fingerprint density at radius 1 is 0.633 bits per heavy atom. The number of benzene rings is 3. The first-order valence-corrected chi connectivity index (χ1v) is 19.5. The van der Waals surface area contributed by atoms with Crippen LogP contribution < -0.4 is 10.4 Å². The van der Waals surface area contributed by atoms with Crippen molar-refractivity contribution in [1.82, 2.24) is 0 Å². The molecule has 9 heteroatoms. The molecule has 0 aliphatic rings. The summed E-state index contributed by atoms with van der Waals surface area (Å²) >= 11 is 0. The zero-order valence-corrected chi connectivity index (χ0v) is 31.8. The fraction of sp³-hybridized carbons (Fsp3) is 0.550. The molecule has 3 atom stereocenters. The van der Waals surface area contributed by atoms with Crippen molar-refractivity contribution in [1.29, 1.82) is 0 Å². The second kappa shape index (κ2) is 21.0. The number of aliphatic hydroxyl groups excluding tert-OH is 1. The van der Waals surface area contributed by atoms with E-state index in [4.69, 9.17) is 32.8 Å². The summed E-state index contributed by atoms with van der Waals surface area (Å²) in [5.41, 5.74) is 0.596. The molecule has 0 bridgehead atoms. The Hall–Kier alpha value is -2.44. The summed E-state index contributed by atoms with van der Waals surface area (Å²) < 4.78 is 42.5. The van der Waals surface area contributed by atoms with Gasteiger partial charge >= 0.3 is 0 Å². The van der Waals surface area contributed by atoms with Crippen LogP contribution in [0.5, 0.6) is 0 Å². The molecule has 3 aromatic carbocycles. The molecule has 0 heterocycles. The SMILES string of the molecule is CCC(CC)(CO)OCOC[C@@H](C)OCOC[C@@H](Cc1ccccc1)OCOC[C@@H](C)O[Si](c1ccccc1)(c1ccccc1)C(C)(C)C. The summed E-state index contributed by atoms with van der Waals surface area (Å²) in [6.45, 7) is 16.2. The molecule has 0 aliphatic heterocycles. The highest BCUT2D eigenvalue weighted by Gasteiger charge is 2.51. The molecule has 49 heavy (non-hydrogen) atoms. The Morgan fingerprint density at radius 2 is 1.12 bits per heavy atom. The molecule has 272 valence electrons. The average Bonchev–Trinajstić information content (AvgIpc) is 3.11. The van der Waals surface area contributed by atoms with Crippen LogP contribution in [0.25, 0.3) is 0 Å². The van der Waals surface area contributed by atoms with E-state index in [0.29, 0.717) is 26.2 Å². The number of rotatable bonds is 24. The van der Waals surface area contributed by atoms with E-state index in [1.54, 1.807) is 0 Å². The fourth-order valence-electron chi connectivity index (χ4n) is 5.92. The first kappa shape index (κ1) is 41.0. The number of aliphatic hydroxyl groups is 1. The minimum atomic E-state index is -2.68. The fourth-order valence-corrected chi connectivity index (χ4v) is 10.6. The zero-order valence-electron chi connectivity index (χ0n) is 30.8. The highest BCUT2D eigenvalue weighted by atomic mass is 28.4. The van der Waals surface area contributed by atoms with E-state index in [9.17, 15) is 5.11 Å². The van der Waals surface area contributed by atoms with E-state index in [1.807, 2.05) is 39.0 Å². The molecule has 3 rings (SSSR count). The maximum absolute atomic E-state index is 9.66. The van der Waals surface area contributed by atoms with Crippen LogP contribution in [0, 0.1) is 0 Å². The van der Waals surface area contributed by atoms with Crippen LogP contribution >= 0.6 is 0 Å². The highest BCUT2D eigenvalue weighted by molar-refractivity contribution is 6.99. The van der Waals surface area contributed by atoms with Gasteiger partial charge in [0.1, 0.15) is 20.4 Å². The van der Waals surface area contributed by atoms with Crippen LogP contribution in [-0.4, -0.2) is 84.1 Å². The smallest absolute Gasteiger partial charge is 0.261 e. The lowest BCUT2D eigenvalue weighted by molar-refractivity contribution is -0.183. The molecule has 0 radical (unpaired) electrons. The summed E-state index contributed by atoms with van der Waals surface area (Å²) in [5, 5.41) is 12.0. The molecule has 3 aromatic rings. The minimum Gasteiger partial charge on any atom is -0.402 e. The molecular weight excluding hydrogens is 637 g/mol. The standard InChI is InChI=1S/C40H60O8Si/c1-8-40(9-2,29-41)47-32-43-26-33(3)45-30-44-28-36(25-35-19-13-10-14-20-35)46-31-42-27-34(4)48-49(39(5,6)7,37-21-15-11-16-22-37)38-23-17-12-18-24-38/h10-24,33-34,36,41H,8-9,25-32H2,1-7H3/t33-,34-,36-/m1/s1. The second-order valence-corrected chi connectivity index (χ2v) is 18.0. The summed E-state index contributed by atoms with van der Waals surface area (Å²) in [7, 11) is -2.68. The normalized spacial score (nSPS) is 14.4. The van der Waals surface area contributed by atoms with Gasteiger partial charge in [-0.15, -0.1) is 0 Å². The Balaban J connectivity index is 1.51. The van der Waals surface area contributed by atoms with E-state index >= 15 is 0 Å². The lowest BCUT2D eigenvalue weighted by Gasteiger charge is -2.44. The Kier molecular flexibility index (Phi) is 17.6. The van der Waals surface area contributed by atoms with Gasteiger partial charge in [-0.05, 0) is 47.7 Å². The predicted octanol–water partition coefficient (Wildman–Crippen LogP) is 6.47. The molecule has 0 amide bonds. The van der Waals surface area contributed by atoms with Crippen molar-refractivity contribution < 1.29 is 38.0 Å². The molecule has 0 aromatic heterocycles. The van der Waals surface area contributed by atoms with E-state index in [1.165, 1.54) is 10.4 Å². The van der Waals surface area contributed by atoms with Gasteiger partial charge in [0, 0.05) is 6.42 Å². The first-order chi connectivity index (χ1) is 23.6. The van der Waals surface area contributed by atoms with Crippen LogP contribution in [0.4, 0.5) is 0 Å². The molecule has 0 aliphatic carbocycles. The van der Waals surface area contributed by atoms with Crippen molar-refractivity contribution in [3.8, 4) is 0 Å². The summed E-state index contributed by atoms with van der Waals surface area (Å²) in [5.74, 6) is 0. The van der Waals surface area contributed by atoms with Gasteiger partial charge in [0.25, 0.3) is 8.32 Å². The van der Waals surface area contributed by atoms with Gasteiger partial charge in [0.2, 0.25) is 0 Å². The molecule has 0 saturated heterocycles. The van der Waals surface area contributed by atoms with Crippen molar-refractivity contribution in [3.05, 3.63) is 96.6 Å². The van der Waals surface area contributed by atoms with Crippen molar-refractivity contribution in [2.75, 3.05) is 46.8 Å². The van der Waals surface area contributed by atoms with Crippen molar-refractivity contribution in [2.24, 2.45) is 0 Å².